The second-order valence-corrected chi connectivity index (χ2v) is 5.02. The van der Waals surface area contributed by atoms with Crippen LogP contribution in [0.1, 0.15) is 33.1 Å². The maximum absolute atomic E-state index is 11.1. The number of aromatic nitrogens is 1. The Morgan fingerprint density at radius 1 is 1.56 bits per heavy atom. The molecule has 5 nitrogen and oxygen atoms in total. The van der Waals surface area contributed by atoms with Crippen molar-refractivity contribution in [1.29, 1.82) is 0 Å². The fourth-order valence-corrected chi connectivity index (χ4v) is 2.75. The van der Waals surface area contributed by atoms with E-state index in [0.29, 0.717) is 17.0 Å². The third-order valence-electron chi connectivity index (χ3n) is 3.52. The standard InChI is InChI=1S/C12H16ClN3O2/c1-3-9-5-4-8(2)15(9)12-10(16(17)18)6-7-11(13)14-12/h6-9H,3-5H2,1-2H3. The molecule has 1 fully saturated rings. The number of anilines is 1. The molecule has 0 spiro atoms. The van der Waals surface area contributed by atoms with E-state index in [4.69, 9.17) is 11.6 Å². The van der Waals surface area contributed by atoms with Crippen molar-refractivity contribution in [2.75, 3.05) is 4.90 Å². The van der Waals surface area contributed by atoms with Gasteiger partial charge in [-0.05, 0) is 32.3 Å². The smallest absolute Gasteiger partial charge is 0.311 e. The van der Waals surface area contributed by atoms with Gasteiger partial charge in [-0.15, -0.1) is 0 Å². The summed E-state index contributed by atoms with van der Waals surface area (Å²) in [6, 6.07) is 3.47. The van der Waals surface area contributed by atoms with Crippen LogP contribution in [0.5, 0.6) is 0 Å². The molecule has 6 heteroatoms. The molecule has 0 N–H and O–H groups in total. The molecular weight excluding hydrogens is 254 g/mol. The van der Waals surface area contributed by atoms with Gasteiger partial charge in [0.25, 0.3) is 0 Å². The Hall–Kier alpha value is -1.36. The van der Waals surface area contributed by atoms with Crippen LogP contribution in [0.2, 0.25) is 5.15 Å². The molecule has 0 saturated carbocycles. The Kier molecular flexibility index (Phi) is 3.71. The number of halogens is 1. The molecule has 0 aliphatic carbocycles. The lowest BCUT2D eigenvalue weighted by molar-refractivity contribution is -0.384. The van der Waals surface area contributed by atoms with Crippen LogP contribution < -0.4 is 4.90 Å². The second kappa shape index (κ2) is 5.10. The molecule has 0 amide bonds. The summed E-state index contributed by atoms with van der Waals surface area (Å²) in [6.45, 7) is 4.16. The minimum Gasteiger partial charge on any atom is -0.345 e. The summed E-state index contributed by atoms with van der Waals surface area (Å²) in [7, 11) is 0. The van der Waals surface area contributed by atoms with Gasteiger partial charge < -0.3 is 4.90 Å². The van der Waals surface area contributed by atoms with Crippen molar-refractivity contribution in [2.45, 2.75) is 45.2 Å². The van der Waals surface area contributed by atoms with E-state index >= 15 is 0 Å². The van der Waals surface area contributed by atoms with Gasteiger partial charge in [0.2, 0.25) is 5.82 Å². The average molecular weight is 270 g/mol. The van der Waals surface area contributed by atoms with E-state index in [9.17, 15) is 10.1 Å². The predicted octanol–water partition coefficient (Wildman–Crippen LogP) is 3.41. The van der Waals surface area contributed by atoms with Crippen LogP contribution in [0.4, 0.5) is 11.5 Å². The summed E-state index contributed by atoms with van der Waals surface area (Å²) in [5, 5.41) is 11.4. The third-order valence-corrected chi connectivity index (χ3v) is 3.73. The SMILES string of the molecule is CCC1CCC(C)N1c1nc(Cl)ccc1[N+](=O)[O-]. The number of hydrogen-bond acceptors (Lipinski definition) is 4. The molecule has 2 heterocycles. The molecule has 2 unspecified atom stereocenters. The lowest BCUT2D eigenvalue weighted by Gasteiger charge is -2.28. The van der Waals surface area contributed by atoms with E-state index in [-0.39, 0.29) is 11.7 Å². The van der Waals surface area contributed by atoms with Crippen molar-refractivity contribution in [2.24, 2.45) is 0 Å². The van der Waals surface area contributed by atoms with E-state index in [1.54, 1.807) is 0 Å². The fraction of sp³-hybridized carbons (Fsp3) is 0.583. The average Bonchev–Trinajstić information content (AvgIpc) is 2.69. The van der Waals surface area contributed by atoms with Crippen LogP contribution >= 0.6 is 11.6 Å². The Balaban J connectivity index is 2.48. The van der Waals surface area contributed by atoms with Gasteiger partial charge in [-0.2, -0.15) is 0 Å². The number of rotatable bonds is 3. The van der Waals surface area contributed by atoms with Crippen LogP contribution in [0, 0.1) is 10.1 Å². The Morgan fingerprint density at radius 3 is 2.89 bits per heavy atom. The molecule has 0 radical (unpaired) electrons. The molecule has 1 aromatic heterocycles. The van der Waals surface area contributed by atoms with E-state index in [0.717, 1.165) is 19.3 Å². The minimum atomic E-state index is -0.392. The molecular formula is C12H16ClN3O2. The number of pyridine rings is 1. The van der Waals surface area contributed by atoms with E-state index < -0.39 is 4.92 Å². The summed E-state index contributed by atoms with van der Waals surface area (Å²) in [4.78, 5) is 16.9. The number of hydrogen-bond donors (Lipinski definition) is 0. The van der Waals surface area contributed by atoms with Gasteiger partial charge >= 0.3 is 5.69 Å². The number of nitro groups is 1. The Bertz CT molecular complexity index is 467. The summed E-state index contributed by atoms with van der Waals surface area (Å²) in [5.74, 6) is 0.407. The van der Waals surface area contributed by atoms with Gasteiger partial charge in [-0.1, -0.05) is 18.5 Å². The maximum Gasteiger partial charge on any atom is 0.311 e. The van der Waals surface area contributed by atoms with Gasteiger partial charge in [0.1, 0.15) is 5.15 Å². The van der Waals surface area contributed by atoms with Crippen molar-refractivity contribution in [3.05, 3.63) is 27.4 Å². The van der Waals surface area contributed by atoms with Crippen LogP contribution in [-0.2, 0) is 0 Å². The summed E-state index contributed by atoms with van der Waals surface area (Å²) in [6.07, 6.45) is 3.03. The normalized spacial score (nSPS) is 23.4. The Morgan fingerprint density at radius 2 is 2.28 bits per heavy atom. The first-order chi connectivity index (χ1) is 8.54. The van der Waals surface area contributed by atoms with Crippen LogP contribution in [0.15, 0.2) is 12.1 Å². The van der Waals surface area contributed by atoms with Gasteiger partial charge in [-0.3, -0.25) is 10.1 Å². The summed E-state index contributed by atoms with van der Waals surface area (Å²) >= 11 is 5.88. The van der Waals surface area contributed by atoms with Gasteiger partial charge in [0.15, 0.2) is 0 Å². The van der Waals surface area contributed by atoms with Crippen LogP contribution in [-0.4, -0.2) is 22.0 Å². The highest BCUT2D eigenvalue weighted by molar-refractivity contribution is 6.29. The first-order valence-corrected chi connectivity index (χ1v) is 6.51. The van der Waals surface area contributed by atoms with E-state index in [1.165, 1.54) is 12.1 Å². The maximum atomic E-state index is 11.1. The van der Waals surface area contributed by atoms with E-state index in [1.807, 2.05) is 4.90 Å². The van der Waals surface area contributed by atoms with Crippen molar-refractivity contribution < 1.29 is 4.92 Å². The monoisotopic (exact) mass is 269 g/mol. The van der Waals surface area contributed by atoms with Crippen LogP contribution in [0.25, 0.3) is 0 Å². The van der Waals surface area contributed by atoms with Crippen LogP contribution in [0.3, 0.4) is 0 Å². The van der Waals surface area contributed by atoms with Gasteiger partial charge in [0, 0.05) is 18.2 Å². The molecule has 1 aliphatic heterocycles. The topological polar surface area (TPSA) is 59.3 Å². The van der Waals surface area contributed by atoms with E-state index in [2.05, 4.69) is 18.8 Å². The molecule has 1 saturated heterocycles. The second-order valence-electron chi connectivity index (χ2n) is 4.63. The zero-order valence-electron chi connectivity index (χ0n) is 10.5. The molecule has 1 aliphatic rings. The molecule has 98 valence electrons. The highest BCUT2D eigenvalue weighted by Crippen LogP contribution is 2.36. The summed E-state index contributed by atoms with van der Waals surface area (Å²) in [5.41, 5.74) is 0.0339. The zero-order valence-corrected chi connectivity index (χ0v) is 11.2. The van der Waals surface area contributed by atoms with Crippen molar-refractivity contribution in [3.63, 3.8) is 0 Å². The fourth-order valence-electron chi connectivity index (χ4n) is 2.60. The van der Waals surface area contributed by atoms with Gasteiger partial charge in [-0.25, -0.2) is 4.98 Å². The molecule has 18 heavy (non-hydrogen) atoms. The predicted molar refractivity (Wildman–Crippen MR) is 71.2 cm³/mol. The molecule has 2 rings (SSSR count). The van der Waals surface area contributed by atoms with Crippen molar-refractivity contribution in [3.8, 4) is 0 Å². The highest BCUT2D eigenvalue weighted by atomic mass is 35.5. The Labute approximate surface area is 111 Å². The summed E-state index contributed by atoms with van der Waals surface area (Å²) < 4.78 is 0. The number of nitrogens with zero attached hydrogens (tertiary/aromatic N) is 3. The molecule has 1 aromatic rings. The van der Waals surface area contributed by atoms with Crippen molar-refractivity contribution in [1.82, 2.24) is 4.98 Å². The molecule has 2 atom stereocenters. The lowest BCUT2D eigenvalue weighted by Crippen LogP contribution is -2.35. The largest absolute Gasteiger partial charge is 0.345 e. The van der Waals surface area contributed by atoms with Gasteiger partial charge in [0.05, 0.1) is 4.92 Å². The first kappa shape index (κ1) is 13.1. The molecule has 0 bridgehead atoms. The lowest BCUT2D eigenvalue weighted by atomic mass is 10.1. The molecule has 0 aromatic carbocycles. The third kappa shape index (κ3) is 2.27. The first-order valence-electron chi connectivity index (χ1n) is 6.13. The minimum absolute atomic E-state index is 0.0339. The zero-order chi connectivity index (χ0) is 13.3. The highest BCUT2D eigenvalue weighted by Gasteiger charge is 2.34. The quantitative estimate of drug-likeness (QED) is 0.479. The van der Waals surface area contributed by atoms with Crippen molar-refractivity contribution >= 4 is 23.1 Å².